The van der Waals surface area contributed by atoms with Crippen LogP contribution in [0, 0.1) is 6.92 Å². The molecule has 0 spiro atoms. The molecule has 0 bridgehead atoms. The van der Waals surface area contributed by atoms with Gasteiger partial charge < -0.3 is 10.2 Å². The molecule has 0 fully saturated rings. The number of hydrogen-bond acceptors (Lipinski definition) is 6. The Morgan fingerprint density at radius 1 is 1.03 bits per heavy atom. The zero-order valence-electron chi connectivity index (χ0n) is 16.8. The predicted molar refractivity (Wildman–Crippen MR) is 127 cm³/mol. The average Bonchev–Trinajstić information content (AvgIpc) is 3.22. The number of hydrogen-bond donors (Lipinski definition) is 1. The van der Waals surface area contributed by atoms with Gasteiger partial charge in [0.05, 0.1) is 11.4 Å². The molecule has 3 aromatic carbocycles. The fourth-order valence-electron chi connectivity index (χ4n) is 3.27. The Morgan fingerprint density at radius 2 is 1.80 bits per heavy atom. The lowest BCUT2D eigenvalue weighted by molar-refractivity contribution is -0.116. The highest BCUT2D eigenvalue weighted by Crippen LogP contribution is 2.31. The van der Waals surface area contributed by atoms with Crippen molar-refractivity contribution in [3.8, 4) is 0 Å². The Bertz CT molecular complexity index is 1170. The third-order valence-corrected chi connectivity index (χ3v) is 6.74. The molecule has 0 radical (unpaired) electrons. The minimum Gasteiger partial charge on any atom is -0.330 e. The molecule has 4 rings (SSSR count). The Hall–Kier alpha value is -2.90. The number of nitrogens with zero attached hydrogens (tertiary/aromatic N) is 3. The van der Waals surface area contributed by atoms with E-state index in [0.717, 1.165) is 37.2 Å². The van der Waals surface area contributed by atoms with Gasteiger partial charge in [0.1, 0.15) is 0 Å². The number of aryl methyl sites for hydroxylation is 1. The highest BCUT2D eigenvalue weighted by atomic mass is 32.2. The number of carbonyl (C=O) groups is 1. The van der Waals surface area contributed by atoms with Crippen molar-refractivity contribution in [2.75, 3.05) is 22.5 Å². The van der Waals surface area contributed by atoms with Gasteiger partial charge in [-0.2, -0.15) is 0 Å². The van der Waals surface area contributed by atoms with Crippen LogP contribution in [0.5, 0.6) is 0 Å². The molecule has 0 aliphatic carbocycles. The van der Waals surface area contributed by atoms with Crippen molar-refractivity contribution in [2.45, 2.75) is 18.2 Å². The van der Waals surface area contributed by atoms with E-state index >= 15 is 0 Å². The molecule has 0 aliphatic heterocycles. The lowest BCUT2D eigenvalue weighted by Gasteiger charge is -2.22. The van der Waals surface area contributed by atoms with E-state index in [4.69, 9.17) is 0 Å². The molecule has 30 heavy (non-hydrogen) atoms. The van der Waals surface area contributed by atoms with Crippen LogP contribution < -0.4 is 10.2 Å². The van der Waals surface area contributed by atoms with E-state index in [1.165, 1.54) is 23.1 Å². The molecule has 0 saturated carbocycles. The van der Waals surface area contributed by atoms with Gasteiger partial charge in [-0.15, -0.1) is 10.2 Å². The van der Waals surface area contributed by atoms with Crippen LogP contribution in [0.15, 0.2) is 71.1 Å². The molecule has 5 nitrogen and oxygen atoms in total. The van der Waals surface area contributed by atoms with Crippen molar-refractivity contribution in [2.24, 2.45) is 0 Å². The average molecular weight is 435 g/mol. The van der Waals surface area contributed by atoms with Crippen LogP contribution in [-0.4, -0.2) is 28.4 Å². The maximum atomic E-state index is 13.0. The third-order valence-electron chi connectivity index (χ3n) is 4.79. The van der Waals surface area contributed by atoms with Gasteiger partial charge in [0.15, 0.2) is 4.34 Å². The standard InChI is InChI=1S/C23H22N4OS2/c1-3-27(20-14-8-11-17-10-5-6-12-18(17)20)21(28)15-29-23-26-25-22(30-23)24-19-13-7-4-9-16(19)2/h4-14H,3,15H2,1-2H3,(H,24,25). The summed E-state index contributed by atoms with van der Waals surface area (Å²) in [6.07, 6.45) is 0. The number of para-hydroxylation sites is 1. The molecule has 4 aromatic rings. The molecule has 1 amide bonds. The van der Waals surface area contributed by atoms with Crippen molar-refractivity contribution >= 4 is 56.3 Å². The fourth-order valence-corrected chi connectivity index (χ4v) is 4.91. The lowest BCUT2D eigenvalue weighted by atomic mass is 10.1. The molecule has 7 heteroatoms. The van der Waals surface area contributed by atoms with Crippen LogP contribution in [0.25, 0.3) is 10.8 Å². The summed E-state index contributed by atoms with van der Waals surface area (Å²) in [5, 5.41) is 14.7. The SMILES string of the molecule is CCN(C(=O)CSc1nnc(Nc2ccccc2C)s1)c1cccc2ccccc12. The number of nitrogens with one attached hydrogen (secondary N) is 1. The van der Waals surface area contributed by atoms with Crippen LogP contribution in [0.3, 0.4) is 0 Å². The minimum absolute atomic E-state index is 0.0578. The van der Waals surface area contributed by atoms with Crippen LogP contribution in [0.4, 0.5) is 16.5 Å². The van der Waals surface area contributed by atoms with Crippen molar-refractivity contribution in [1.29, 1.82) is 0 Å². The van der Waals surface area contributed by atoms with Gasteiger partial charge in [-0.1, -0.05) is 77.7 Å². The molecule has 0 aliphatic rings. The number of carbonyl (C=O) groups excluding carboxylic acids is 1. The van der Waals surface area contributed by atoms with E-state index in [2.05, 4.69) is 33.7 Å². The zero-order chi connectivity index (χ0) is 20.9. The first kappa shape index (κ1) is 20.4. The van der Waals surface area contributed by atoms with Gasteiger partial charge in [0.25, 0.3) is 0 Å². The first-order valence-electron chi connectivity index (χ1n) is 9.73. The number of thioether (sulfide) groups is 1. The second-order valence-corrected chi connectivity index (χ2v) is 8.94. The number of amides is 1. The Balaban J connectivity index is 1.44. The Labute approximate surface area is 184 Å². The van der Waals surface area contributed by atoms with Crippen LogP contribution in [0.2, 0.25) is 0 Å². The van der Waals surface area contributed by atoms with Crippen LogP contribution >= 0.6 is 23.1 Å². The maximum Gasteiger partial charge on any atom is 0.237 e. The molecule has 1 heterocycles. The predicted octanol–water partition coefficient (Wildman–Crippen LogP) is 5.89. The van der Waals surface area contributed by atoms with Gasteiger partial charge in [-0.25, -0.2) is 0 Å². The van der Waals surface area contributed by atoms with E-state index in [-0.39, 0.29) is 5.91 Å². The van der Waals surface area contributed by atoms with Gasteiger partial charge >= 0.3 is 0 Å². The first-order valence-corrected chi connectivity index (χ1v) is 11.5. The first-order chi connectivity index (χ1) is 14.7. The highest BCUT2D eigenvalue weighted by Gasteiger charge is 2.17. The number of anilines is 3. The second kappa shape index (κ2) is 9.28. The quantitative estimate of drug-likeness (QED) is 0.368. The number of rotatable bonds is 7. The normalized spacial score (nSPS) is 10.9. The van der Waals surface area contributed by atoms with Gasteiger partial charge in [0.2, 0.25) is 11.0 Å². The van der Waals surface area contributed by atoms with Crippen molar-refractivity contribution in [3.05, 3.63) is 72.3 Å². The van der Waals surface area contributed by atoms with Crippen molar-refractivity contribution in [3.63, 3.8) is 0 Å². The smallest absolute Gasteiger partial charge is 0.237 e. The van der Waals surface area contributed by atoms with E-state index < -0.39 is 0 Å². The largest absolute Gasteiger partial charge is 0.330 e. The number of aromatic nitrogens is 2. The lowest BCUT2D eigenvalue weighted by Crippen LogP contribution is -2.32. The summed E-state index contributed by atoms with van der Waals surface area (Å²) >= 11 is 2.88. The van der Waals surface area contributed by atoms with Gasteiger partial charge in [0, 0.05) is 17.6 Å². The molecule has 0 unspecified atom stereocenters. The summed E-state index contributed by atoms with van der Waals surface area (Å²) in [4.78, 5) is 14.8. The highest BCUT2D eigenvalue weighted by molar-refractivity contribution is 8.01. The molecule has 1 aromatic heterocycles. The molecule has 1 N–H and O–H groups in total. The van der Waals surface area contributed by atoms with E-state index in [1.54, 1.807) is 0 Å². The summed E-state index contributed by atoms with van der Waals surface area (Å²) in [5.41, 5.74) is 3.10. The van der Waals surface area contributed by atoms with E-state index in [1.807, 2.05) is 67.3 Å². The minimum atomic E-state index is 0.0578. The number of benzene rings is 3. The molecular weight excluding hydrogens is 412 g/mol. The topological polar surface area (TPSA) is 58.1 Å². The number of fused-ring (bicyclic) bond motifs is 1. The second-order valence-electron chi connectivity index (χ2n) is 6.74. The van der Waals surface area contributed by atoms with Crippen LogP contribution in [-0.2, 0) is 4.79 Å². The van der Waals surface area contributed by atoms with Crippen LogP contribution in [0.1, 0.15) is 12.5 Å². The summed E-state index contributed by atoms with van der Waals surface area (Å²) in [5.74, 6) is 0.373. The Morgan fingerprint density at radius 3 is 2.63 bits per heavy atom. The van der Waals surface area contributed by atoms with Crippen molar-refractivity contribution in [1.82, 2.24) is 10.2 Å². The van der Waals surface area contributed by atoms with Crippen molar-refractivity contribution < 1.29 is 4.79 Å². The van der Waals surface area contributed by atoms with E-state index in [9.17, 15) is 4.79 Å². The van der Waals surface area contributed by atoms with Gasteiger partial charge in [-0.05, 0) is 36.9 Å². The monoisotopic (exact) mass is 434 g/mol. The summed E-state index contributed by atoms with van der Waals surface area (Å²) in [6, 6.07) is 22.2. The van der Waals surface area contributed by atoms with Gasteiger partial charge in [-0.3, -0.25) is 4.79 Å². The summed E-state index contributed by atoms with van der Waals surface area (Å²) in [6.45, 7) is 4.66. The molecule has 0 atom stereocenters. The maximum absolute atomic E-state index is 13.0. The third kappa shape index (κ3) is 4.47. The fraction of sp³-hybridized carbons (Fsp3) is 0.174. The Kier molecular flexibility index (Phi) is 6.30. The molecular formula is C23H22N4OS2. The van der Waals surface area contributed by atoms with E-state index in [0.29, 0.717) is 12.3 Å². The zero-order valence-corrected chi connectivity index (χ0v) is 18.5. The summed E-state index contributed by atoms with van der Waals surface area (Å²) in [7, 11) is 0. The molecule has 152 valence electrons. The summed E-state index contributed by atoms with van der Waals surface area (Å²) < 4.78 is 0.772. The molecule has 0 saturated heterocycles.